The fourth-order valence-corrected chi connectivity index (χ4v) is 4.28. The van der Waals surface area contributed by atoms with E-state index in [0.717, 1.165) is 49.6 Å². The summed E-state index contributed by atoms with van der Waals surface area (Å²) in [4.78, 5) is 26.5. The number of rotatable bonds is 9. The predicted molar refractivity (Wildman–Crippen MR) is 128 cm³/mol. The maximum absolute atomic E-state index is 13.5. The van der Waals surface area contributed by atoms with E-state index in [1.807, 2.05) is 23.9 Å². The van der Waals surface area contributed by atoms with Gasteiger partial charge >= 0.3 is 6.18 Å². The van der Waals surface area contributed by atoms with E-state index in [4.69, 9.17) is 0 Å². The van der Waals surface area contributed by atoms with Gasteiger partial charge in [-0.3, -0.25) is 4.79 Å². The molecule has 0 saturated carbocycles. The van der Waals surface area contributed by atoms with Crippen LogP contribution in [0, 0.1) is 0 Å². The lowest BCUT2D eigenvalue weighted by Crippen LogP contribution is -2.46. The largest absolute Gasteiger partial charge is 0.433 e. The molecule has 186 valence electrons. The number of carbonyl (C=O) groups is 1. The first-order valence-corrected chi connectivity index (χ1v) is 12.2. The van der Waals surface area contributed by atoms with Crippen molar-refractivity contribution in [2.75, 3.05) is 64.8 Å². The third-order valence-electron chi connectivity index (χ3n) is 5.55. The molecule has 2 heterocycles. The number of likely N-dealkylation sites (N-methyl/N-ethyl adjacent to an activating group) is 2. The lowest BCUT2D eigenvalue weighted by atomic mass is 10.1. The monoisotopic (exact) mass is 496 g/mol. The molecule has 11 heteroatoms. The molecule has 0 unspecified atom stereocenters. The summed E-state index contributed by atoms with van der Waals surface area (Å²) < 4.78 is 40.4. The van der Waals surface area contributed by atoms with Gasteiger partial charge in [-0.25, -0.2) is 9.97 Å². The average Bonchev–Trinajstić information content (AvgIpc) is 2.82. The Bertz CT molecular complexity index is 947. The first kappa shape index (κ1) is 26.2. The van der Waals surface area contributed by atoms with Gasteiger partial charge in [0.05, 0.1) is 0 Å². The van der Waals surface area contributed by atoms with E-state index < -0.39 is 11.9 Å². The zero-order valence-corrected chi connectivity index (χ0v) is 20.5. The lowest BCUT2D eigenvalue weighted by molar-refractivity contribution is -0.141. The van der Waals surface area contributed by atoms with Crippen molar-refractivity contribution in [1.82, 2.24) is 25.1 Å². The molecular weight excluding hydrogens is 465 g/mol. The Morgan fingerprint density at radius 3 is 2.38 bits per heavy atom. The summed E-state index contributed by atoms with van der Waals surface area (Å²) in [5.74, 6) is 0.549. The molecule has 0 atom stereocenters. The molecule has 1 saturated heterocycles. The van der Waals surface area contributed by atoms with Crippen molar-refractivity contribution in [3.8, 4) is 0 Å². The molecule has 7 nitrogen and oxygen atoms in total. The van der Waals surface area contributed by atoms with Gasteiger partial charge in [-0.1, -0.05) is 30.8 Å². The molecule has 1 N–H and O–H groups in total. The van der Waals surface area contributed by atoms with Crippen LogP contribution in [0.4, 0.5) is 19.0 Å². The fourth-order valence-electron chi connectivity index (χ4n) is 3.47. The van der Waals surface area contributed by atoms with Crippen LogP contribution in [-0.4, -0.2) is 85.6 Å². The zero-order chi connectivity index (χ0) is 24.7. The van der Waals surface area contributed by atoms with E-state index in [9.17, 15) is 18.0 Å². The van der Waals surface area contributed by atoms with Crippen LogP contribution in [0.15, 0.2) is 35.5 Å². The minimum Gasteiger partial charge on any atom is -0.354 e. The number of aromatic nitrogens is 2. The number of nitrogens with one attached hydrogen (secondary N) is 1. The highest BCUT2D eigenvalue weighted by atomic mass is 32.2. The SMILES string of the molecule is CCN1CCN(c2cc(C(F)(F)F)nc(SCc3ccc(C(=O)NCCN(C)C)cc3)n2)CC1. The first-order chi connectivity index (χ1) is 16.2. The number of hydrogen-bond donors (Lipinski definition) is 1. The van der Waals surface area contributed by atoms with E-state index in [2.05, 4.69) is 27.1 Å². The van der Waals surface area contributed by atoms with Gasteiger partial charge in [-0.05, 0) is 38.3 Å². The third-order valence-corrected chi connectivity index (χ3v) is 6.47. The Morgan fingerprint density at radius 1 is 1.12 bits per heavy atom. The van der Waals surface area contributed by atoms with Crippen LogP contribution in [0.2, 0.25) is 0 Å². The van der Waals surface area contributed by atoms with Crippen LogP contribution >= 0.6 is 11.8 Å². The second kappa shape index (κ2) is 11.9. The lowest BCUT2D eigenvalue weighted by Gasteiger charge is -2.35. The van der Waals surface area contributed by atoms with Gasteiger partial charge in [-0.15, -0.1) is 0 Å². The summed E-state index contributed by atoms with van der Waals surface area (Å²) in [6.45, 7) is 7.12. The molecule has 0 bridgehead atoms. The van der Waals surface area contributed by atoms with Gasteiger partial charge in [0.1, 0.15) is 5.82 Å². The van der Waals surface area contributed by atoms with Gasteiger partial charge in [0.2, 0.25) is 0 Å². The van der Waals surface area contributed by atoms with Crippen molar-refractivity contribution in [3.05, 3.63) is 47.2 Å². The van der Waals surface area contributed by atoms with E-state index in [0.29, 0.717) is 36.8 Å². The number of piperazine rings is 1. The number of hydrogen-bond acceptors (Lipinski definition) is 7. The zero-order valence-electron chi connectivity index (χ0n) is 19.7. The maximum Gasteiger partial charge on any atom is 0.433 e. The highest BCUT2D eigenvalue weighted by molar-refractivity contribution is 7.98. The quantitative estimate of drug-likeness (QED) is 0.423. The van der Waals surface area contributed by atoms with Gasteiger partial charge < -0.3 is 20.0 Å². The molecular formula is C23H31F3N6OS. The van der Waals surface area contributed by atoms with Crippen LogP contribution < -0.4 is 10.2 Å². The van der Waals surface area contributed by atoms with Crippen molar-refractivity contribution in [3.63, 3.8) is 0 Å². The van der Waals surface area contributed by atoms with Crippen LogP contribution in [-0.2, 0) is 11.9 Å². The van der Waals surface area contributed by atoms with Crippen molar-refractivity contribution in [2.45, 2.75) is 24.0 Å². The maximum atomic E-state index is 13.5. The Kier molecular flexibility index (Phi) is 9.15. The van der Waals surface area contributed by atoms with Crippen molar-refractivity contribution < 1.29 is 18.0 Å². The number of halogens is 3. The molecule has 34 heavy (non-hydrogen) atoms. The molecule has 1 aromatic carbocycles. The van der Waals surface area contributed by atoms with Gasteiger partial charge in [0.25, 0.3) is 5.91 Å². The number of carbonyl (C=O) groups excluding carboxylic acids is 1. The molecule has 0 spiro atoms. The summed E-state index contributed by atoms with van der Waals surface area (Å²) >= 11 is 1.15. The molecule has 2 aromatic rings. The van der Waals surface area contributed by atoms with Crippen molar-refractivity contribution >= 4 is 23.5 Å². The average molecular weight is 497 g/mol. The third kappa shape index (κ3) is 7.57. The minimum absolute atomic E-state index is 0.0910. The molecule has 3 rings (SSSR count). The summed E-state index contributed by atoms with van der Waals surface area (Å²) in [6, 6.07) is 8.06. The first-order valence-electron chi connectivity index (χ1n) is 11.2. The molecule has 1 aliphatic rings. The van der Waals surface area contributed by atoms with E-state index in [1.165, 1.54) is 0 Å². The van der Waals surface area contributed by atoms with Crippen LogP contribution in [0.25, 0.3) is 0 Å². The summed E-state index contributed by atoms with van der Waals surface area (Å²) in [6.07, 6.45) is -4.54. The number of thioether (sulfide) groups is 1. The van der Waals surface area contributed by atoms with E-state index in [-0.39, 0.29) is 11.1 Å². The number of alkyl halides is 3. The van der Waals surface area contributed by atoms with Crippen LogP contribution in [0.1, 0.15) is 28.5 Å². The topological polar surface area (TPSA) is 64.6 Å². The Morgan fingerprint density at radius 2 is 1.79 bits per heavy atom. The smallest absolute Gasteiger partial charge is 0.354 e. The Hall–Kier alpha value is -2.37. The van der Waals surface area contributed by atoms with Gasteiger partial charge in [0, 0.05) is 56.7 Å². The highest BCUT2D eigenvalue weighted by Crippen LogP contribution is 2.32. The molecule has 1 fully saturated rings. The second-order valence-corrected chi connectivity index (χ2v) is 9.30. The van der Waals surface area contributed by atoms with E-state index in [1.54, 1.807) is 24.3 Å². The number of benzene rings is 1. The van der Waals surface area contributed by atoms with Gasteiger partial charge in [0.15, 0.2) is 10.9 Å². The summed E-state index contributed by atoms with van der Waals surface area (Å²) in [7, 11) is 3.87. The summed E-state index contributed by atoms with van der Waals surface area (Å²) in [5.41, 5.74) is 0.480. The number of amides is 1. The van der Waals surface area contributed by atoms with Crippen molar-refractivity contribution in [2.24, 2.45) is 0 Å². The fraction of sp³-hybridized carbons (Fsp3) is 0.522. The Labute approximate surface area is 202 Å². The van der Waals surface area contributed by atoms with Crippen molar-refractivity contribution in [1.29, 1.82) is 0 Å². The second-order valence-electron chi connectivity index (χ2n) is 8.36. The normalized spacial score (nSPS) is 15.1. The molecule has 0 radical (unpaired) electrons. The highest BCUT2D eigenvalue weighted by Gasteiger charge is 2.34. The van der Waals surface area contributed by atoms with Crippen LogP contribution in [0.3, 0.4) is 0 Å². The number of anilines is 1. The molecule has 0 aliphatic carbocycles. The van der Waals surface area contributed by atoms with Crippen LogP contribution in [0.5, 0.6) is 0 Å². The molecule has 1 amide bonds. The predicted octanol–water partition coefficient (Wildman–Crippen LogP) is 3.22. The molecule has 1 aliphatic heterocycles. The standard InChI is InChI=1S/C23H31F3N6OS/c1-4-31-11-13-32(14-12-31)20-15-19(23(24,25)26)28-22(29-20)34-16-17-5-7-18(8-6-17)21(33)27-9-10-30(2)3/h5-8,15H,4,9-14,16H2,1-3H3,(H,27,33). The molecule has 1 aromatic heterocycles. The Balaban J connectivity index is 1.66. The van der Waals surface area contributed by atoms with Gasteiger partial charge in [-0.2, -0.15) is 13.2 Å². The minimum atomic E-state index is -4.54. The van der Waals surface area contributed by atoms with E-state index >= 15 is 0 Å². The summed E-state index contributed by atoms with van der Waals surface area (Å²) in [5, 5.41) is 2.94. The number of nitrogens with zero attached hydrogens (tertiary/aromatic N) is 5.